The Balaban J connectivity index is 1.59. The number of carboxylic acids is 1. The third-order valence-corrected chi connectivity index (χ3v) is 6.10. The van der Waals surface area contributed by atoms with E-state index in [-0.39, 0.29) is 5.57 Å². The number of carbonyl (C=O) groups is 1. The van der Waals surface area contributed by atoms with E-state index < -0.39 is 5.97 Å². The van der Waals surface area contributed by atoms with E-state index >= 15 is 0 Å². The summed E-state index contributed by atoms with van der Waals surface area (Å²) in [7, 11) is 0. The lowest BCUT2D eigenvalue weighted by atomic mass is 10.1. The molecule has 0 saturated carbocycles. The van der Waals surface area contributed by atoms with Gasteiger partial charge in [0.1, 0.15) is 11.6 Å². The zero-order chi connectivity index (χ0) is 23.9. The first kappa shape index (κ1) is 23.1. The molecule has 0 spiro atoms. The number of aliphatic carboxylic acids is 1. The number of nitriles is 1. The highest BCUT2D eigenvalue weighted by molar-refractivity contribution is 6.08. The minimum Gasteiger partial charge on any atom is -0.477 e. The minimum absolute atomic E-state index is 0.277. The molecule has 0 aliphatic rings. The summed E-state index contributed by atoms with van der Waals surface area (Å²) in [5, 5.41) is 20.5. The van der Waals surface area contributed by atoms with Crippen molar-refractivity contribution in [2.45, 2.75) is 39.2 Å². The number of para-hydroxylation sites is 1. The fourth-order valence-corrected chi connectivity index (χ4v) is 4.32. The van der Waals surface area contributed by atoms with E-state index in [9.17, 15) is 4.79 Å². The average Bonchev–Trinajstić information content (AvgIpc) is 3.17. The van der Waals surface area contributed by atoms with Gasteiger partial charge in [-0.2, -0.15) is 5.26 Å². The van der Waals surface area contributed by atoms with Gasteiger partial charge in [-0.05, 0) is 47.4 Å². The molecule has 3 aromatic carbocycles. The Labute approximate surface area is 200 Å². The van der Waals surface area contributed by atoms with Crippen molar-refractivity contribution in [1.29, 1.82) is 5.26 Å². The number of hydrogen-bond acceptors (Lipinski definition) is 2. The van der Waals surface area contributed by atoms with Crippen LogP contribution < -0.4 is 0 Å². The van der Waals surface area contributed by atoms with Gasteiger partial charge in [0.2, 0.25) is 0 Å². The number of hydrogen-bond donors (Lipinski definition) is 1. The van der Waals surface area contributed by atoms with Crippen LogP contribution in [-0.4, -0.2) is 15.6 Å². The molecule has 0 saturated heterocycles. The maximum atomic E-state index is 11.0. The van der Waals surface area contributed by atoms with Gasteiger partial charge >= 0.3 is 5.97 Å². The van der Waals surface area contributed by atoms with Crippen LogP contribution in [0.1, 0.15) is 49.3 Å². The molecule has 4 aromatic rings. The summed E-state index contributed by atoms with van der Waals surface area (Å²) in [6.45, 7) is 3.28. The predicted molar refractivity (Wildman–Crippen MR) is 140 cm³/mol. The van der Waals surface area contributed by atoms with E-state index in [2.05, 4.69) is 60.0 Å². The van der Waals surface area contributed by atoms with Crippen LogP contribution in [0.5, 0.6) is 0 Å². The maximum Gasteiger partial charge on any atom is 0.346 e. The van der Waals surface area contributed by atoms with E-state index in [1.54, 1.807) is 6.07 Å². The Morgan fingerprint density at radius 3 is 2.29 bits per heavy atom. The molecule has 0 aliphatic carbocycles. The Bertz CT molecular complexity index is 1420. The number of aryl methyl sites for hydroxylation is 1. The van der Waals surface area contributed by atoms with E-state index in [1.807, 2.05) is 30.3 Å². The van der Waals surface area contributed by atoms with Crippen molar-refractivity contribution in [3.05, 3.63) is 89.0 Å². The summed E-state index contributed by atoms with van der Waals surface area (Å²) in [4.78, 5) is 11.0. The largest absolute Gasteiger partial charge is 0.477 e. The van der Waals surface area contributed by atoms with Crippen LogP contribution in [0.15, 0.2) is 72.3 Å². The van der Waals surface area contributed by atoms with E-state index in [4.69, 9.17) is 10.4 Å². The summed E-state index contributed by atoms with van der Waals surface area (Å²) >= 11 is 0. The topological polar surface area (TPSA) is 66.0 Å². The van der Waals surface area contributed by atoms with Crippen molar-refractivity contribution < 1.29 is 9.90 Å². The Morgan fingerprint density at radius 2 is 1.56 bits per heavy atom. The number of benzene rings is 3. The van der Waals surface area contributed by atoms with Crippen molar-refractivity contribution in [3.8, 4) is 6.07 Å². The quantitative estimate of drug-likeness (QED) is 0.124. The molecule has 1 N–H and O–H groups in total. The summed E-state index contributed by atoms with van der Waals surface area (Å²) in [5.74, 6) is -1.22. The number of carboxylic acid groups (broad SMARTS) is 1. The van der Waals surface area contributed by atoms with Gasteiger partial charge in [0, 0.05) is 28.4 Å². The second-order valence-electron chi connectivity index (χ2n) is 8.48. The summed E-state index contributed by atoms with van der Waals surface area (Å²) < 4.78 is 2.45. The molecular weight excluding hydrogens is 420 g/mol. The van der Waals surface area contributed by atoms with Gasteiger partial charge in [-0.3, -0.25) is 0 Å². The number of unbranched alkanes of at least 4 members (excludes halogenated alkanes) is 3. The third kappa shape index (κ3) is 5.10. The Morgan fingerprint density at radius 1 is 0.882 bits per heavy atom. The van der Waals surface area contributed by atoms with Gasteiger partial charge < -0.3 is 9.67 Å². The molecule has 170 valence electrons. The monoisotopic (exact) mass is 448 g/mol. The molecule has 34 heavy (non-hydrogen) atoms. The lowest BCUT2D eigenvalue weighted by Gasteiger charge is -2.07. The van der Waals surface area contributed by atoms with Crippen molar-refractivity contribution >= 4 is 46.0 Å². The van der Waals surface area contributed by atoms with Crippen molar-refractivity contribution in [2.24, 2.45) is 0 Å². The number of rotatable bonds is 9. The molecular formula is C30H28N2O2. The molecule has 0 radical (unpaired) electrons. The van der Waals surface area contributed by atoms with Crippen molar-refractivity contribution in [3.63, 3.8) is 0 Å². The Kier molecular flexibility index (Phi) is 7.25. The smallest absolute Gasteiger partial charge is 0.346 e. The lowest BCUT2D eigenvalue weighted by Crippen LogP contribution is -1.97. The molecule has 4 rings (SSSR count). The highest BCUT2D eigenvalue weighted by Gasteiger charge is 2.10. The highest BCUT2D eigenvalue weighted by Crippen LogP contribution is 2.30. The zero-order valence-corrected chi connectivity index (χ0v) is 19.4. The van der Waals surface area contributed by atoms with Crippen LogP contribution in [0, 0.1) is 11.3 Å². The first-order valence-corrected chi connectivity index (χ1v) is 11.7. The van der Waals surface area contributed by atoms with Crippen LogP contribution in [0.3, 0.4) is 0 Å². The van der Waals surface area contributed by atoms with Crippen LogP contribution in [-0.2, 0) is 11.3 Å². The molecule has 0 amide bonds. The van der Waals surface area contributed by atoms with Crippen LogP contribution in [0.25, 0.3) is 40.0 Å². The van der Waals surface area contributed by atoms with E-state index in [1.165, 1.54) is 53.6 Å². The van der Waals surface area contributed by atoms with Gasteiger partial charge in [-0.25, -0.2) is 4.79 Å². The molecule has 0 unspecified atom stereocenters. The van der Waals surface area contributed by atoms with E-state index in [0.29, 0.717) is 5.56 Å². The van der Waals surface area contributed by atoms with Crippen molar-refractivity contribution in [2.75, 3.05) is 0 Å². The summed E-state index contributed by atoms with van der Waals surface area (Å²) in [6.07, 6.45) is 10.5. The van der Waals surface area contributed by atoms with Gasteiger partial charge in [-0.1, -0.05) is 86.9 Å². The average molecular weight is 449 g/mol. The first-order valence-electron chi connectivity index (χ1n) is 11.7. The number of aromatic nitrogens is 1. The lowest BCUT2D eigenvalue weighted by molar-refractivity contribution is -0.132. The van der Waals surface area contributed by atoms with E-state index in [0.717, 1.165) is 17.7 Å². The third-order valence-electron chi connectivity index (χ3n) is 6.10. The van der Waals surface area contributed by atoms with Gasteiger partial charge in [0.05, 0.1) is 0 Å². The SMILES string of the molecule is CCCCCCn1c2ccccc2c2cc(/C=C/c3ccc(/C=C(/C#N)C(=O)O)cc3)ccc21. The van der Waals surface area contributed by atoms with Gasteiger partial charge in [0.25, 0.3) is 0 Å². The van der Waals surface area contributed by atoms with Crippen molar-refractivity contribution in [1.82, 2.24) is 4.57 Å². The molecule has 4 nitrogen and oxygen atoms in total. The second kappa shape index (κ2) is 10.7. The van der Waals surface area contributed by atoms with Crippen LogP contribution in [0.2, 0.25) is 0 Å². The van der Waals surface area contributed by atoms with Gasteiger partial charge in [-0.15, -0.1) is 0 Å². The molecule has 1 aromatic heterocycles. The van der Waals surface area contributed by atoms with Crippen LogP contribution >= 0.6 is 0 Å². The fraction of sp³-hybridized carbons (Fsp3) is 0.200. The molecule has 4 heteroatoms. The highest BCUT2D eigenvalue weighted by atomic mass is 16.4. The van der Waals surface area contributed by atoms with Crippen LogP contribution in [0.4, 0.5) is 0 Å². The standard InChI is InChI=1S/C30H28N2O2/c1-2-3-4-7-18-32-28-9-6-5-8-26(28)27-20-24(16-17-29(27)32)15-12-22-10-13-23(14-11-22)19-25(21-31)30(33)34/h5-6,8-17,19-20H,2-4,7,18H2,1H3,(H,33,34)/b15-12+,25-19-. The normalized spacial score (nSPS) is 11.9. The summed E-state index contributed by atoms with van der Waals surface area (Å²) in [5.41, 5.74) is 5.10. The molecule has 0 bridgehead atoms. The summed E-state index contributed by atoms with van der Waals surface area (Å²) in [6, 6.07) is 24.4. The first-order chi connectivity index (χ1) is 16.6. The van der Waals surface area contributed by atoms with Gasteiger partial charge in [0.15, 0.2) is 0 Å². The molecule has 0 fully saturated rings. The Hall–Kier alpha value is -4.10. The maximum absolute atomic E-state index is 11.0. The number of nitrogens with zero attached hydrogens (tertiary/aromatic N) is 2. The molecule has 0 atom stereocenters. The minimum atomic E-state index is -1.22. The fourth-order valence-electron chi connectivity index (χ4n) is 4.32. The predicted octanol–water partition coefficient (Wildman–Crippen LogP) is 7.54. The molecule has 0 aliphatic heterocycles. The zero-order valence-electron chi connectivity index (χ0n) is 19.4. The number of fused-ring (bicyclic) bond motifs is 3. The second-order valence-corrected chi connectivity index (χ2v) is 8.48. The molecule has 1 heterocycles.